The number of para-hydroxylation sites is 1. The lowest BCUT2D eigenvalue weighted by Crippen LogP contribution is -2.37. The normalized spacial score (nSPS) is 11.6. The Bertz CT molecular complexity index is 727. The van der Waals surface area contributed by atoms with E-state index in [9.17, 15) is 0 Å². The third kappa shape index (κ3) is 6.69. The summed E-state index contributed by atoms with van der Waals surface area (Å²) in [4.78, 5) is 4.29. The lowest BCUT2D eigenvalue weighted by Gasteiger charge is -2.15. The average Bonchev–Trinajstić information content (AvgIpc) is 3.01. The van der Waals surface area contributed by atoms with E-state index in [1.54, 1.807) is 14.2 Å². The molecule has 0 aliphatic carbocycles. The molecule has 2 aromatic rings. The van der Waals surface area contributed by atoms with Gasteiger partial charge in [0.15, 0.2) is 5.96 Å². The number of aromatic nitrogens is 2. The van der Waals surface area contributed by atoms with Crippen molar-refractivity contribution in [2.75, 3.05) is 40.5 Å². The summed E-state index contributed by atoms with van der Waals surface area (Å²) < 4.78 is 12.4. The smallest absolute Gasteiger partial charge is 0.191 e. The van der Waals surface area contributed by atoms with Crippen LogP contribution in [0, 0.1) is 13.8 Å². The van der Waals surface area contributed by atoms with E-state index < -0.39 is 0 Å². The van der Waals surface area contributed by atoms with Crippen LogP contribution in [0.25, 0.3) is 5.69 Å². The fraction of sp³-hybridized carbons (Fsp3) is 0.500. The fourth-order valence-corrected chi connectivity index (χ4v) is 2.76. The first-order chi connectivity index (χ1) is 13.2. The predicted octanol–water partition coefficient (Wildman–Crippen LogP) is 2.21. The maximum Gasteiger partial charge on any atom is 0.191 e. The van der Waals surface area contributed by atoms with E-state index in [2.05, 4.69) is 45.8 Å². The van der Waals surface area contributed by atoms with E-state index >= 15 is 0 Å². The largest absolute Gasteiger partial charge is 0.382 e. The van der Waals surface area contributed by atoms with Crippen molar-refractivity contribution in [3.05, 3.63) is 47.3 Å². The topological polar surface area (TPSA) is 72.7 Å². The first kappa shape index (κ1) is 20.9. The van der Waals surface area contributed by atoms with Crippen molar-refractivity contribution in [2.24, 2.45) is 4.99 Å². The first-order valence-electron chi connectivity index (χ1n) is 9.28. The Morgan fingerprint density at radius 3 is 2.67 bits per heavy atom. The molecule has 0 atom stereocenters. The Kier molecular flexibility index (Phi) is 8.80. The van der Waals surface area contributed by atoms with Gasteiger partial charge in [0.05, 0.1) is 24.6 Å². The molecule has 1 aromatic heterocycles. The molecule has 1 aromatic carbocycles. The molecule has 1 heterocycles. The number of nitrogens with one attached hydrogen (secondary N) is 2. The zero-order valence-corrected chi connectivity index (χ0v) is 16.8. The minimum atomic E-state index is 0.630. The van der Waals surface area contributed by atoms with Gasteiger partial charge in [-0.25, -0.2) is 4.68 Å². The van der Waals surface area contributed by atoms with E-state index in [0.717, 1.165) is 41.6 Å². The monoisotopic (exact) mass is 373 g/mol. The molecule has 0 spiro atoms. The lowest BCUT2D eigenvalue weighted by molar-refractivity contribution is 0.0698. The Morgan fingerprint density at radius 1 is 1.15 bits per heavy atom. The average molecular weight is 374 g/mol. The van der Waals surface area contributed by atoms with Crippen LogP contribution in [-0.2, 0) is 16.0 Å². The maximum atomic E-state index is 5.46. The van der Waals surface area contributed by atoms with Gasteiger partial charge in [-0.15, -0.1) is 0 Å². The molecule has 0 radical (unpaired) electrons. The summed E-state index contributed by atoms with van der Waals surface area (Å²) in [7, 11) is 3.45. The first-order valence-corrected chi connectivity index (χ1v) is 9.28. The highest BCUT2D eigenvalue weighted by molar-refractivity contribution is 5.79. The van der Waals surface area contributed by atoms with Crippen LogP contribution in [0.2, 0.25) is 0 Å². The summed E-state index contributed by atoms with van der Waals surface area (Å²) in [6.45, 7) is 7.50. The van der Waals surface area contributed by atoms with Crippen LogP contribution in [0.5, 0.6) is 0 Å². The standard InChI is InChI=1S/C20H31N5O2/c1-16-14-17(2)25(24-16)19-9-6-5-8-18(19)15-23-20(21-3)22-10-7-11-27-13-12-26-4/h5-6,8-9,14H,7,10-13,15H2,1-4H3,(H2,21,22,23). The lowest BCUT2D eigenvalue weighted by atomic mass is 10.1. The van der Waals surface area contributed by atoms with Crippen molar-refractivity contribution < 1.29 is 9.47 Å². The number of aliphatic imine (C=N–C) groups is 1. The number of nitrogens with zero attached hydrogens (tertiary/aromatic N) is 3. The van der Waals surface area contributed by atoms with Crippen molar-refractivity contribution in [1.29, 1.82) is 0 Å². The molecule has 7 heteroatoms. The Labute approximate surface area is 161 Å². The molecular formula is C20H31N5O2. The van der Waals surface area contributed by atoms with Gasteiger partial charge < -0.3 is 20.1 Å². The number of methoxy groups -OCH3 is 1. The SMILES string of the molecule is CN=C(NCCCOCCOC)NCc1ccccc1-n1nc(C)cc1C. The number of guanidine groups is 1. The van der Waals surface area contributed by atoms with E-state index in [1.165, 1.54) is 0 Å². The minimum Gasteiger partial charge on any atom is -0.382 e. The molecular weight excluding hydrogens is 342 g/mol. The second kappa shape index (κ2) is 11.4. The molecule has 0 unspecified atom stereocenters. The van der Waals surface area contributed by atoms with E-state index in [1.807, 2.05) is 23.7 Å². The highest BCUT2D eigenvalue weighted by atomic mass is 16.5. The number of rotatable bonds is 10. The van der Waals surface area contributed by atoms with Crippen LogP contribution >= 0.6 is 0 Å². The molecule has 0 aliphatic rings. The van der Waals surface area contributed by atoms with Crippen molar-refractivity contribution in [3.8, 4) is 5.69 Å². The zero-order valence-electron chi connectivity index (χ0n) is 16.8. The number of benzene rings is 1. The molecule has 0 saturated carbocycles. The third-order valence-electron chi connectivity index (χ3n) is 4.09. The number of hydrogen-bond acceptors (Lipinski definition) is 4. The third-order valence-corrected chi connectivity index (χ3v) is 4.09. The van der Waals surface area contributed by atoms with Gasteiger partial charge >= 0.3 is 0 Å². The van der Waals surface area contributed by atoms with Crippen LogP contribution in [-0.4, -0.2) is 56.3 Å². The van der Waals surface area contributed by atoms with Crippen LogP contribution in [0.3, 0.4) is 0 Å². The second-order valence-corrected chi connectivity index (χ2v) is 6.28. The minimum absolute atomic E-state index is 0.630. The number of hydrogen-bond donors (Lipinski definition) is 2. The highest BCUT2D eigenvalue weighted by Gasteiger charge is 2.09. The van der Waals surface area contributed by atoms with Gasteiger partial charge in [-0.1, -0.05) is 18.2 Å². The van der Waals surface area contributed by atoms with Gasteiger partial charge in [-0.3, -0.25) is 4.99 Å². The maximum absolute atomic E-state index is 5.46. The van der Waals surface area contributed by atoms with Crippen molar-refractivity contribution >= 4 is 5.96 Å². The Balaban J connectivity index is 1.85. The van der Waals surface area contributed by atoms with E-state index in [4.69, 9.17) is 9.47 Å². The summed E-state index contributed by atoms with van der Waals surface area (Å²) in [5.41, 5.74) is 4.38. The van der Waals surface area contributed by atoms with Crippen molar-refractivity contribution in [1.82, 2.24) is 20.4 Å². The van der Waals surface area contributed by atoms with Gasteiger partial charge in [0.1, 0.15) is 0 Å². The molecule has 0 aliphatic heterocycles. The number of aryl methyl sites for hydroxylation is 2. The molecule has 0 saturated heterocycles. The summed E-state index contributed by atoms with van der Waals surface area (Å²) >= 11 is 0. The molecule has 2 N–H and O–H groups in total. The van der Waals surface area contributed by atoms with Crippen molar-refractivity contribution in [3.63, 3.8) is 0 Å². The summed E-state index contributed by atoms with van der Waals surface area (Å²) in [6.07, 6.45) is 0.909. The summed E-state index contributed by atoms with van der Waals surface area (Å²) in [6, 6.07) is 10.4. The molecule has 27 heavy (non-hydrogen) atoms. The predicted molar refractivity (Wildman–Crippen MR) is 109 cm³/mol. The Morgan fingerprint density at radius 2 is 1.96 bits per heavy atom. The van der Waals surface area contributed by atoms with Crippen LogP contribution < -0.4 is 10.6 Å². The van der Waals surface area contributed by atoms with Crippen LogP contribution in [0.15, 0.2) is 35.3 Å². The van der Waals surface area contributed by atoms with Gasteiger partial charge in [0.2, 0.25) is 0 Å². The molecule has 7 nitrogen and oxygen atoms in total. The molecule has 148 valence electrons. The van der Waals surface area contributed by atoms with E-state index in [-0.39, 0.29) is 0 Å². The number of ether oxygens (including phenoxy) is 2. The van der Waals surface area contributed by atoms with Gasteiger partial charge in [0.25, 0.3) is 0 Å². The molecule has 0 fully saturated rings. The highest BCUT2D eigenvalue weighted by Crippen LogP contribution is 2.16. The zero-order chi connectivity index (χ0) is 19.5. The van der Waals surface area contributed by atoms with Crippen LogP contribution in [0.1, 0.15) is 23.4 Å². The van der Waals surface area contributed by atoms with E-state index in [0.29, 0.717) is 26.4 Å². The quantitative estimate of drug-likeness (QED) is 0.379. The summed E-state index contributed by atoms with van der Waals surface area (Å²) in [5.74, 6) is 0.773. The molecule has 0 bridgehead atoms. The Hall–Kier alpha value is -2.38. The van der Waals surface area contributed by atoms with Gasteiger partial charge in [-0.05, 0) is 38.0 Å². The second-order valence-electron chi connectivity index (χ2n) is 6.28. The molecule has 0 amide bonds. The fourth-order valence-electron chi connectivity index (χ4n) is 2.76. The van der Waals surface area contributed by atoms with Gasteiger partial charge in [-0.2, -0.15) is 5.10 Å². The van der Waals surface area contributed by atoms with Gasteiger partial charge in [0, 0.05) is 39.5 Å². The molecule has 2 rings (SSSR count). The van der Waals surface area contributed by atoms with Crippen molar-refractivity contribution in [2.45, 2.75) is 26.8 Å². The van der Waals surface area contributed by atoms with Crippen LogP contribution in [0.4, 0.5) is 0 Å². The summed E-state index contributed by atoms with van der Waals surface area (Å²) in [5, 5.41) is 11.3.